The van der Waals surface area contributed by atoms with Gasteiger partial charge in [0.25, 0.3) is 0 Å². The summed E-state index contributed by atoms with van der Waals surface area (Å²) in [5.41, 5.74) is 1.62. The van der Waals surface area contributed by atoms with Crippen LogP contribution in [0.2, 0.25) is 0 Å². The zero-order valence-electron chi connectivity index (χ0n) is 7.33. The second-order valence-corrected chi connectivity index (χ2v) is 3.27. The molecule has 1 N–H and O–H groups in total. The Morgan fingerprint density at radius 2 is 2.38 bits per heavy atom. The first-order chi connectivity index (χ1) is 6.38. The maximum absolute atomic E-state index is 6.76. The topological polar surface area (TPSA) is 29.3 Å². The van der Waals surface area contributed by atoms with E-state index in [0.717, 1.165) is 12.2 Å². The largest absolute Gasteiger partial charge is 0.308 e. The third-order valence-corrected chi connectivity index (χ3v) is 2.09. The van der Waals surface area contributed by atoms with Crippen molar-refractivity contribution in [1.29, 1.82) is 0 Å². The van der Waals surface area contributed by atoms with Gasteiger partial charge in [0.2, 0.25) is 5.69 Å². The monoisotopic (exact) mass is 173 g/mol. The summed E-state index contributed by atoms with van der Waals surface area (Å²) in [6.45, 7) is 7.59. The first-order valence-electron chi connectivity index (χ1n) is 4.44. The standard InChI is InChI=1S/C10H11N3/c1-11-9-4-5-10(13-6-9)7-12-8-2-3-8/h4-6,8,12H,2-3,7H2. The molecule has 1 fully saturated rings. The molecule has 0 unspecified atom stereocenters. The van der Waals surface area contributed by atoms with Crippen LogP contribution in [0.1, 0.15) is 18.5 Å². The van der Waals surface area contributed by atoms with Crippen molar-refractivity contribution in [3.05, 3.63) is 35.4 Å². The summed E-state index contributed by atoms with van der Waals surface area (Å²) in [6.07, 6.45) is 4.21. The number of pyridine rings is 1. The molecular formula is C10H11N3. The van der Waals surface area contributed by atoms with Crippen LogP contribution in [0.3, 0.4) is 0 Å². The van der Waals surface area contributed by atoms with E-state index >= 15 is 0 Å². The third-order valence-electron chi connectivity index (χ3n) is 2.09. The van der Waals surface area contributed by atoms with Gasteiger partial charge in [-0.05, 0) is 18.9 Å². The number of nitrogens with one attached hydrogen (secondary N) is 1. The predicted octanol–water partition coefficient (Wildman–Crippen LogP) is 1.88. The Morgan fingerprint density at radius 1 is 1.54 bits per heavy atom. The Bertz CT molecular complexity index is 319. The van der Waals surface area contributed by atoms with Gasteiger partial charge < -0.3 is 5.32 Å². The Labute approximate surface area is 77.6 Å². The molecule has 0 radical (unpaired) electrons. The van der Waals surface area contributed by atoms with Gasteiger partial charge in [0.05, 0.1) is 12.3 Å². The van der Waals surface area contributed by atoms with E-state index in [2.05, 4.69) is 15.1 Å². The van der Waals surface area contributed by atoms with E-state index in [0.29, 0.717) is 11.7 Å². The minimum absolute atomic E-state index is 0.607. The molecule has 1 aromatic heterocycles. The highest BCUT2D eigenvalue weighted by Crippen LogP contribution is 2.19. The van der Waals surface area contributed by atoms with Crippen LogP contribution in [0.15, 0.2) is 18.3 Å². The van der Waals surface area contributed by atoms with Crippen LogP contribution < -0.4 is 5.32 Å². The van der Waals surface area contributed by atoms with Crippen LogP contribution in [0.5, 0.6) is 0 Å². The SMILES string of the molecule is [C-]#[N+]c1ccc(CNC2CC2)nc1. The minimum Gasteiger partial charge on any atom is -0.308 e. The molecule has 1 aromatic rings. The van der Waals surface area contributed by atoms with Gasteiger partial charge in [0.15, 0.2) is 0 Å². The number of rotatable bonds is 3. The van der Waals surface area contributed by atoms with Gasteiger partial charge in [-0.25, -0.2) is 4.85 Å². The zero-order valence-corrected chi connectivity index (χ0v) is 7.33. The van der Waals surface area contributed by atoms with E-state index < -0.39 is 0 Å². The third kappa shape index (κ3) is 2.27. The van der Waals surface area contributed by atoms with Gasteiger partial charge >= 0.3 is 0 Å². The number of hydrogen-bond donors (Lipinski definition) is 1. The summed E-state index contributed by atoms with van der Waals surface area (Å²) >= 11 is 0. The highest BCUT2D eigenvalue weighted by molar-refractivity contribution is 5.41. The van der Waals surface area contributed by atoms with Gasteiger partial charge in [-0.3, -0.25) is 4.98 Å². The molecule has 3 heteroatoms. The van der Waals surface area contributed by atoms with E-state index in [1.54, 1.807) is 6.20 Å². The molecule has 0 aliphatic heterocycles. The maximum atomic E-state index is 6.76. The zero-order chi connectivity index (χ0) is 9.10. The van der Waals surface area contributed by atoms with Crippen molar-refractivity contribution >= 4 is 5.69 Å². The van der Waals surface area contributed by atoms with E-state index in [1.165, 1.54) is 12.8 Å². The summed E-state index contributed by atoms with van der Waals surface area (Å²) in [7, 11) is 0. The normalized spacial score (nSPS) is 15.3. The van der Waals surface area contributed by atoms with E-state index in [-0.39, 0.29) is 0 Å². The predicted molar refractivity (Wildman–Crippen MR) is 50.4 cm³/mol. The smallest absolute Gasteiger partial charge is 0.205 e. The Balaban J connectivity index is 1.93. The Hall–Kier alpha value is -1.40. The lowest BCUT2D eigenvalue weighted by molar-refractivity contribution is 0.675. The van der Waals surface area contributed by atoms with Crippen molar-refractivity contribution in [2.75, 3.05) is 0 Å². The number of aromatic nitrogens is 1. The van der Waals surface area contributed by atoms with Crippen molar-refractivity contribution in [2.24, 2.45) is 0 Å². The van der Waals surface area contributed by atoms with E-state index in [9.17, 15) is 0 Å². The molecule has 0 amide bonds. The fraction of sp³-hybridized carbons (Fsp3) is 0.400. The molecule has 1 aliphatic carbocycles. The molecule has 3 nitrogen and oxygen atoms in total. The number of hydrogen-bond acceptors (Lipinski definition) is 2. The molecule has 13 heavy (non-hydrogen) atoms. The number of nitrogens with zero attached hydrogens (tertiary/aromatic N) is 2. The van der Waals surface area contributed by atoms with Gasteiger partial charge in [0.1, 0.15) is 0 Å². The van der Waals surface area contributed by atoms with Crippen molar-refractivity contribution in [3.63, 3.8) is 0 Å². The van der Waals surface area contributed by atoms with Crippen LogP contribution in [0.4, 0.5) is 5.69 Å². The summed E-state index contributed by atoms with van der Waals surface area (Å²) < 4.78 is 0. The molecule has 0 aromatic carbocycles. The lowest BCUT2D eigenvalue weighted by Gasteiger charge is -2.01. The van der Waals surface area contributed by atoms with Crippen molar-refractivity contribution in [2.45, 2.75) is 25.4 Å². The molecule has 1 heterocycles. The highest BCUT2D eigenvalue weighted by Gasteiger charge is 2.19. The summed E-state index contributed by atoms with van der Waals surface area (Å²) in [5.74, 6) is 0. The summed E-state index contributed by atoms with van der Waals surface area (Å²) in [4.78, 5) is 7.46. The van der Waals surface area contributed by atoms with Crippen LogP contribution in [0.25, 0.3) is 4.85 Å². The quantitative estimate of drug-likeness (QED) is 0.707. The molecule has 0 saturated heterocycles. The second kappa shape index (κ2) is 3.55. The van der Waals surface area contributed by atoms with Gasteiger partial charge in [-0.15, -0.1) is 0 Å². The van der Waals surface area contributed by atoms with Crippen LogP contribution >= 0.6 is 0 Å². The second-order valence-electron chi connectivity index (χ2n) is 3.27. The van der Waals surface area contributed by atoms with Crippen molar-refractivity contribution in [1.82, 2.24) is 10.3 Å². The van der Waals surface area contributed by atoms with Gasteiger partial charge in [0, 0.05) is 18.8 Å². The molecule has 0 atom stereocenters. The van der Waals surface area contributed by atoms with Gasteiger partial charge in [-0.2, -0.15) is 0 Å². The molecule has 1 aliphatic rings. The Kier molecular flexibility index (Phi) is 2.24. The van der Waals surface area contributed by atoms with Crippen molar-refractivity contribution < 1.29 is 0 Å². The average molecular weight is 173 g/mol. The molecule has 2 rings (SSSR count). The average Bonchev–Trinajstić information content (AvgIpc) is 2.99. The van der Waals surface area contributed by atoms with Crippen molar-refractivity contribution in [3.8, 4) is 0 Å². The summed E-state index contributed by atoms with van der Waals surface area (Å²) in [5, 5.41) is 3.37. The molecule has 66 valence electrons. The van der Waals surface area contributed by atoms with E-state index in [4.69, 9.17) is 6.57 Å². The fourth-order valence-corrected chi connectivity index (χ4v) is 1.12. The van der Waals surface area contributed by atoms with Crippen LogP contribution in [-0.2, 0) is 6.54 Å². The van der Waals surface area contributed by atoms with E-state index in [1.807, 2.05) is 12.1 Å². The molecule has 0 bridgehead atoms. The minimum atomic E-state index is 0.607. The Morgan fingerprint density at radius 3 is 2.92 bits per heavy atom. The van der Waals surface area contributed by atoms with Crippen LogP contribution in [-0.4, -0.2) is 11.0 Å². The first-order valence-corrected chi connectivity index (χ1v) is 4.44. The lowest BCUT2D eigenvalue weighted by atomic mass is 10.3. The van der Waals surface area contributed by atoms with Gasteiger partial charge in [-0.1, -0.05) is 6.07 Å². The maximum Gasteiger partial charge on any atom is 0.205 e. The summed E-state index contributed by atoms with van der Waals surface area (Å²) in [6, 6.07) is 4.43. The molecular weight excluding hydrogens is 162 g/mol. The fourth-order valence-electron chi connectivity index (χ4n) is 1.12. The van der Waals surface area contributed by atoms with Crippen LogP contribution in [0, 0.1) is 6.57 Å². The highest BCUT2D eigenvalue weighted by atomic mass is 15.0. The first kappa shape index (κ1) is 8.21. The molecule has 1 saturated carbocycles. The lowest BCUT2D eigenvalue weighted by Crippen LogP contribution is -2.15. The molecule has 0 spiro atoms.